The molecule has 0 amide bonds. The van der Waals surface area contributed by atoms with Crippen LogP contribution in [0.25, 0.3) is 0 Å². The van der Waals surface area contributed by atoms with Crippen LogP contribution in [0.2, 0.25) is 0 Å². The Morgan fingerprint density at radius 2 is 2.24 bits per heavy atom. The fraction of sp³-hybridized carbons (Fsp3) is 0.643. The molecule has 2 aliphatic rings. The Bertz CT molecular complexity index is 646. The molecule has 1 aromatic heterocycles. The molecule has 0 bridgehead atoms. The number of methoxy groups -OCH3 is 1. The van der Waals surface area contributed by atoms with Crippen LogP contribution in [-0.4, -0.2) is 38.1 Å². The summed E-state index contributed by atoms with van der Waals surface area (Å²) in [5.41, 5.74) is 0.730. The zero-order valence-electron chi connectivity index (χ0n) is 12.0. The molecule has 21 heavy (non-hydrogen) atoms. The lowest BCUT2D eigenvalue weighted by Gasteiger charge is -2.28. The lowest BCUT2D eigenvalue weighted by molar-refractivity contribution is -0.141. The first-order valence-corrected chi connectivity index (χ1v) is 9.53. The fourth-order valence-electron chi connectivity index (χ4n) is 2.87. The molecule has 0 spiro atoms. The van der Waals surface area contributed by atoms with Crippen LogP contribution in [0, 0.1) is 5.41 Å². The number of fused-ring (bicyclic) bond motifs is 1. The Morgan fingerprint density at radius 1 is 1.48 bits per heavy atom. The molecule has 0 saturated heterocycles. The average molecular weight is 329 g/mol. The zero-order chi connectivity index (χ0) is 15.1. The molecule has 7 heteroatoms. The fourth-order valence-corrected chi connectivity index (χ4v) is 5.81. The van der Waals surface area contributed by atoms with Crippen LogP contribution in [0.1, 0.15) is 29.7 Å². The molecule has 0 atom stereocenters. The van der Waals surface area contributed by atoms with E-state index >= 15 is 0 Å². The van der Waals surface area contributed by atoms with Gasteiger partial charge in [-0.1, -0.05) is 0 Å². The second-order valence-electron chi connectivity index (χ2n) is 5.96. The first kappa shape index (κ1) is 15.0. The van der Waals surface area contributed by atoms with Gasteiger partial charge in [-0.15, -0.1) is 11.3 Å². The second-order valence-corrected chi connectivity index (χ2v) is 8.93. The highest BCUT2D eigenvalue weighted by Crippen LogP contribution is 2.50. The molecule has 1 saturated carbocycles. The number of hydrogen-bond acceptors (Lipinski definition) is 5. The van der Waals surface area contributed by atoms with Crippen molar-refractivity contribution in [2.24, 2.45) is 5.41 Å². The Hall–Kier alpha value is -0.920. The van der Waals surface area contributed by atoms with Crippen LogP contribution in [0.3, 0.4) is 0 Å². The normalized spacial score (nSPS) is 20.8. The van der Waals surface area contributed by atoms with Gasteiger partial charge in [0.15, 0.2) is 0 Å². The highest BCUT2D eigenvalue weighted by atomic mass is 32.2. The SMILES string of the molecule is COC(=O)CC1(CS(=O)(=O)N2CCc3sccc3C2)CC1. The number of rotatable bonds is 5. The van der Waals surface area contributed by atoms with Gasteiger partial charge in [0.05, 0.1) is 19.3 Å². The largest absolute Gasteiger partial charge is 0.469 e. The first-order chi connectivity index (χ1) is 9.94. The van der Waals surface area contributed by atoms with E-state index in [0.717, 1.165) is 24.8 Å². The monoisotopic (exact) mass is 329 g/mol. The molecule has 5 nitrogen and oxygen atoms in total. The number of nitrogens with zero attached hydrogens (tertiary/aromatic N) is 1. The van der Waals surface area contributed by atoms with Gasteiger partial charge in [-0.3, -0.25) is 4.79 Å². The van der Waals surface area contributed by atoms with Crippen molar-refractivity contribution in [2.45, 2.75) is 32.2 Å². The minimum Gasteiger partial charge on any atom is -0.469 e. The van der Waals surface area contributed by atoms with Crippen molar-refractivity contribution in [1.29, 1.82) is 0 Å². The molecule has 0 N–H and O–H groups in total. The molecular formula is C14H19NO4S2. The standard InChI is InChI=1S/C14H19NO4S2/c1-19-13(16)8-14(4-5-14)10-21(17,18)15-6-2-12-11(9-15)3-7-20-12/h3,7H,2,4-6,8-10H2,1H3. The molecule has 1 aliphatic carbocycles. The van der Waals surface area contributed by atoms with Crippen LogP contribution >= 0.6 is 11.3 Å². The summed E-state index contributed by atoms with van der Waals surface area (Å²) in [7, 11) is -1.98. The van der Waals surface area contributed by atoms with E-state index in [1.165, 1.54) is 12.0 Å². The predicted octanol–water partition coefficient (Wildman–Crippen LogP) is 1.78. The number of carbonyl (C=O) groups excluding carboxylic acids is 1. The van der Waals surface area contributed by atoms with Gasteiger partial charge in [-0.2, -0.15) is 4.31 Å². The highest BCUT2D eigenvalue weighted by molar-refractivity contribution is 7.89. The summed E-state index contributed by atoms with van der Waals surface area (Å²) in [6, 6.07) is 2.00. The van der Waals surface area contributed by atoms with Gasteiger partial charge in [0.25, 0.3) is 0 Å². The van der Waals surface area contributed by atoms with Crippen molar-refractivity contribution in [3.63, 3.8) is 0 Å². The summed E-state index contributed by atoms with van der Waals surface area (Å²) in [5, 5.41) is 2.01. The topological polar surface area (TPSA) is 63.7 Å². The minimum atomic E-state index is -3.32. The van der Waals surface area contributed by atoms with Crippen LogP contribution in [0.15, 0.2) is 11.4 Å². The maximum atomic E-state index is 12.6. The third-order valence-corrected chi connectivity index (χ3v) is 7.46. The average Bonchev–Trinajstić information content (AvgIpc) is 3.02. The van der Waals surface area contributed by atoms with Crippen molar-refractivity contribution in [3.05, 3.63) is 21.9 Å². The summed E-state index contributed by atoms with van der Waals surface area (Å²) in [6.45, 7) is 1.01. The van der Waals surface area contributed by atoms with Gasteiger partial charge >= 0.3 is 5.97 Å². The van der Waals surface area contributed by atoms with Crippen molar-refractivity contribution in [2.75, 3.05) is 19.4 Å². The molecule has 0 radical (unpaired) electrons. The molecular weight excluding hydrogens is 310 g/mol. The maximum Gasteiger partial charge on any atom is 0.306 e. The quantitative estimate of drug-likeness (QED) is 0.773. The van der Waals surface area contributed by atoms with E-state index in [-0.39, 0.29) is 23.6 Å². The Morgan fingerprint density at radius 3 is 2.90 bits per heavy atom. The van der Waals surface area contributed by atoms with Gasteiger partial charge in [0.2, 0.25) is 10.0 Å². The third kappa shape index (κ3) is 3.14. The molecule has 3 rings (SSSR count). The Balaban J connectivity index is 1.69. The van der Waals surface area contributed by atoms with Crippen LogP contribution in [-0.2, 0) is 32.5 Å². The van der Waals surface area contributed by atoms with E-state index in [1.807, 2.05) is 11.4 Å². The van der Waals surface area contributed by atoms with Gasteiger partial charge in [-0.05, 0) is 41.7 Å². The summed E-state index contributed by atoms with van der Waals surface area (Å²) >= 11 is 1.69. The van der Waals surface area contributed by atoms with Gasteiger partial charge in [0.1, 0.15) is 0 Å². The third-order valence-electron chi connectivity index (χ3n) is 4.36. The molecule has 116 valence electrons. The van der Waals surface area contributed by atoms with Crippen molar-refractivity contribution in [3.8, 4) is 0 Å². The molecule has 1 fully saturated rings. The number of esters is 1. The zero-order valence-corrected chi connectivity index (χ0v) is 13.6. The molecule has 0 aromatic carbocycles. The van der Waals surface area contributed by atoms with E-state index in [4.69, 9.17) is 0 Å². The number of carbonyl (C=O) groups is 1. The van der Waals surface area contributed by atoms with Crippen LogP contribution < -0.4 is 0 Å². The Labute approximate surface area is 129 Å². The molecule has 1 aromatic rings. The van der Waals surface area contributed by atoms with E-state index in [1.54, 1.807) is 15.6 Å². The van der Waals surface area contributed by atoms with E-state index in [2.05, 4.69) is 4.74 Å². The maximum absolute atomic E-state index is 12.6. The lowest BCUT2D eigenvalue weighted by Crippen LogP contribution is -2.39. The molecule has 2 heterocycles. The molecule has 0 unspecified atom stereocenters. The predicted molar refractivity (Wildman–Crippen MR) is 80.5 cm³/mol. The number of thiophene rings is 1. The van der Waals surface area contributed by atoms with E-state index < -0.39 is 10.0 Å². The highest BCUT2D eigenvalue weighted by Gasteiger charge is 2.49. The van der Waals surface area contributed by atoms with E-state index in [0.29, 0.717) is 13.1 Å². The van der Waals surface area contributed by atoms with Crippen LogP contribution in [0.5, 0.6) is 0 Å². The summed E-state index contributed by atoms with van der Waals surface area (Å²) in [4.78, 5) is 12.7. The number of sulfonamides is 1. The second kappa shape index (κ2) is 5.37. The number of ether oxygens (including phenoxy) is 1. The summed E-state index contributed by atoms with van der Waals surface area (Å²) < 4.78 is 31.5. The lowest BCUT2D eigenvalue weighted by atomic mass is 10.1. The summed E-state index contributed by atoms with van der Waals surface area (Å²) in [5.74, 6) is -0.254. The minimum absolute atomic E-state index is 0.0641. The van der Waals surface area contributed by atoms with Crippen molar-refractivity contribution < 1.29 is 17.9 Å². The Kier molecular flexibility index (Phi) is 3.83. The van der Waals surface area contributed by atoms with Crippen molar-refractivity contribution in [1.82, 2.24) is 4.31 Å². The van der Waals surface area contributed by atoms with Gasteiger partial charge in [0, 0.05) is 18.0 Å². The van der Waals surface area contributed by atoms with Crippen LogP contribution in [0.4, 0.5) is 0 Å². The van der Waals surface area contributed by atoms with Crippen molar-refractivity contribution >= 4 is 27.3 Å². The molecule has 1 aliphatic heterocycles. The van der Waals surface area contributed by atoms with Gasteiger partial charge in [-0.25, -0.2) is 8.42 Å². The summed E-state index contributed by atoms with van der Waals surface area (Å²) in [6.07, 6.45) is 2.58. The van der Waals surface area contributed by atoms with E-state index in [9.17, 15) is 13.2 Å². The first-order valence-electron chi connectivity index (χ1n) is 7.04. The number of hydrogen-bond donors (Lipinski definition) is 0. The van der Waals surface area contributed by atoms with Gasteiger partial charge < -0.3 is 4.74 Å². The smallest absolute Gasteiger partial charge is 0.306 e.